The van der Waals surface area contributed by atoms with Crippen molar-refractivity contribution in [1.82, 2.24) is 15.0 Å². The van der Waals surface area contributed by atoms with Crippen molar-refractivity contribution in [2.45, 2.75) is 46.1 Å². The average molecular weight is 397 g/mol. The first-order valence-electron chi connectivity index (χ1n) is 9.18. The molecule has 0 radical (unpaired) electrons. The van der Waals surface area contributed by atoms with Crippen LogP contribution in [0.4, 0.5) is 0 Å². The van der Waals surface area contributed by atoms with Gasteiger partial charge in [0.1, 0.15) is 11.4 Å². The molecule has 0 spiro atoms. The van der Waals surface area contributed by atoms with Crippen molar-refractivity contribution >= 4 is 33.7 Å². The molecule has 1 N–H and O–H groups in total. The number of nitrogens with one attached hydrogen (secondary N) is 1. The van der Waals surface area contributed by atoms with Crippen LogP contribution in [0.25, 0.3) is 10.2 Å². The number of amides is 1. The summed E-state index contributed by atoms with van der Waals surface area (Å²) in [5, 5.41) is 4.54. The first-order chi connectivity index (χ1) is 13.3. The summed E-state index contributed by atoms with van der Waals surface area (Å²) >= 11 is 1.50. The van der Waals surface area contributed by atoms with E-state index < -0.39 is 0 Å². The fourth-order valence-electron chi connectivity index (χ4n) is 2.73. The predicted octanol–water partition coefficient (Wildman–Crippen LogP) is 3.47. The highest BCUT2D eigenvalue weighted by Gasteiger charge is 2.13. The molecule has 0 saturated heterocycles. The average Bonchev–Trinajstić information content (AvgIpc) is 3.08. The summed E-state index contributed by atoms with van der Waals surface area (Å²) in [6.07, 6.45) is 3.85. The molecular formula is C21H24N4O2S. The molecule has 0 fully saturated rings. The Balaban J connectivity index is 1.64. The maximum atomic E-state index is 12.5. The van der Waals surface area contributed by atoms with Crippen LogP contribution in [-0.2, 0) is 23.2 Å². The van der Waals surface area contributed by atoms with E-state index in [1.807, 2.05) is 25.1 Å². The van der Waals surface area contributed by atoms with Gasteiger partial charge >= 0.3 is 0 Å². The van der Waals surface area contributed by atoms with Gasteiger partial charge in [0.25, 0.3) is 11.5 Å². The topological polar surface area (TPSA) is 76.3 Å². The highest BCUT2D eigenvalue weighted by molar-refractivity contribution is 7.18. The summed E-state index contributed by atoms with van der Waals surface area (Å²) < 4.78 is 1.30. The van der Waals surface area contributed by atoms with Gasteiger partial charge in [0.15, 0.2) is 0 Å². The Labute approximate surface area is 167 Å². The van der Waals surface area contributed by atoms with Crippen LogP contribution in [0.5, 0.6) is 0 Å². The van der Waals surface area contributed by atoms with Gasteiger partial charge in [-0.25, -0.2) is 10.4 Å². The monoisotopic (exact) mass is 396 g/mol. The number of thiophene rings is 1. The smallest absolute Gasteiger partial charge is 0.262 e. The lowest BCUT2D eigenvalue weighted by Gasteiger charge is -2.18. The van der Waals surface area contributed by atoms with E-state index in [2.05, 4.69) is 48.4 Å². The van der Waals surface area contributed by atoms with Crippen molar-refractivity contribution in [1.29, 1.82) is 0 Å². The van der Waals surface area contributed by atoms with Gasteiger partial charge in [-0.3, -0.25) is 14.2 Å². The molecule has 3 aromatic rings. The number of rotatable bonds is 5. The molecule has 0 aliphatic carbocycles. The summed E-state index contributed by atoms with van der Waals surface area (Å²) in [6, 6.07) is 9.87. The van der Waals surface area contributed by atoms with Crippen molar-refractivity contribution in [3.05, 3.63) is 63.0 Å². The molecule has 0 aliphatic heterocycles. The predicted molar refractivity (Wildman–Crippen MR) is 114 cm³/mol. The molecule has 0 atom stereocenters. The Hall–Kier alpha value is -2.80. The van der Waals surface area contributed by atoms with Gasteiger partial charge in [-0.2, -0.15) is 5.10 Å². The lowest BCUT2D eigenvalue weighted by atomic mass is 9.87. The molecule has 146 valence electrons. The minimum Gasteiger partial charge on any atom is -0.289 e. The Kier molecular flexibility index (Phi) is 5.74. The lowest BCUT2D eigenvalue weighted by Crippen LogP contribution is -2.29. The van der Waals surface area contributed by atoms with Crippen molar-refractivity contribution in [3.63, 3.8) is 0 Å². The number of fused-ring (bicyclic) bond motifs is 1. The molecular weight excluding hydrogens is 372 g/mol. The number of aromatic nitrogens is 2. The molecule has 2 heterocycles. The lowest BCUT2D eigenvalue weighted by molar-refractivity contribution is -0.121. The van der Waals surface area contributed by atoms with E-state index in [9.17, 15) is 9.59 Å². The Morgan fingerprint density at radius 3 is 2.64 bits per heavy atom. The van der Waals surface area contributed by atoms with Gasteiger partial charge < -0.3 is 0 Å². The third-order valence-electron chi connectivity index (χ3n) is 4.41. The largest absolute Gasteiger partial charge is 0.289 e. The SMILES string of the molecule is CCc1cc2c(=O)n(CC(=O)NN=Cc3ccc(C(C)(C)C)cc3)cnc2s1. The zero-order valence-electron chi connectivity index (χ0n) is 16.5. The van der Waals surface area contributed by atoms with E-state index in [0.29, 0.717) is 10.2 Å². The van der Waals surface area contributed by atoms with E-state index in [1.165, 1.54) is 27.8 Å². The van der Waals surface area contributed by atoms with Crippen molar-refractivity contribution in [2.75, 3.05) is 0 Å². The van der Waals surface area contributed by atoms with E-state index in [1.54, 1.807) is 6.21 Å². The molecule has 0 unspecified atom stereocenters. The Bertz CT molecular complexity index is 1070. The molecule has 1 aromatic carbocycles. The molecule has 3 rings (SSSR count). The summed E-state index contributed by atoms with van der Waals surface area (Å²) in [5.74, 6) is -0.378. The van der Waals surface area contributed by atoms with Crippen LogP contribution in [0, 0.1) is 0 Å². The fraction of sp³-hybridized carbons (Fsp3) is 0.333. The zero-order chi connectivity index (χ0) is 20.3. The van der Waals surface area contributed by atoms with Gasteiger partial charge in [0.05, 0.1) is 17.9 Å². The van der Waals surface area contributed by atoms with Gasteiger partial charge in [-0.15, -0.1) is 11.3 Å². The summed E-state index contributed by atoms with van der Waals surface area (Å²) in [5.41, 5.74) is 4.46. The number of hydrazone groups is 1. The zero-order valence-corrected chi connectivity index (χ0v) is 17.3. The van der Waals surface area contributed by atoms with Crippen LogP contribution >= 0.6 is 11.3 Å². The number of carbonyl (C=O) groups is 1. The maximum Gasteiger partial charge on any atom is 0.262 e. The first-order valence-corrected chi connectivity index (χ1v) is 10.00. The van der Waals surface area contributed by atoms with Gasteiger partial charge in [-0.05, 0) is 29.0 Å². The van der Waals surface area contributed by atoms with Crippen LogP contribution in [0.1, 0.15) is 43.7 Å². The highest BCUT2D eigenvalue weighted by atomic mass is 32.1. The van der Waals surface area contributed by atoms with Crippen LogP contribution < -0.4 is 11.0 Å². The quantitative estimate of drug-likeness (QED) is 0.530. The second-order valence-electron chi connectivity index (χ2n) is 7.63. The Morgan fingerprint density at radius 2 is 2.00 bits per heavy atom. The fourth-order valence-corrected chi connectivity index (χ4v) is 3.66. The van der Waals surface area contributed by atoms with E-state index in [-0.39, 0.29) is 23.4 Å². The van der Waals surface area contributed by atoms with Gasteiger partial charge in [0, 0.05) is 4.88 Å². The van der Waals surface area contributed by atoms with E-state index in [4.69, 9.17) is 0 Å². The number of benzene rings is 1. The van der Waals surface area contributed by atoms with Crippen LogP contribution in [0.3, 0.4) is 0 Å². The van der Waals surface area contributed by atoms with Crippen LogP contribution in [0.15, 0.2) is 46.6 Å². The number of aryl methyl sites for hydroxylation is 1. The molecule has 2 aromatic heterocycles. The van der Waals surface area contributed by atoms with Crippen LogP contribution in [0.2, 0.25) is 0 Å². The van der Waals surface area contributed by atoms with Gasteiger partial charge in [0.2, 0.25) is 0 Å². The molecule has 28 heavy (non-hydrogen) atoms. The molecule has 1 amide bonds. The van der Waals surface area contributed by atoms with E-state index in [0.717, 1.165) is 16.9 Å². The molecule has 0 saturated carbocycles. The minimum atomic E-state index is -0.378. The second kappa shape index (κ2) is 8.06. The second-order valence-corrected chi connectivity index (χ2v) is 8.74. The Morgan fingerprint density at radius 1 is 1.29 bits per heavy atom. The molecule has 0 aliphatic rings. The first kappa shape index (κ1) is 19.9. The summed E-state index contributed by atoms with van der Waals surface area (Å²) in [6.45, 7) is 8.38. The maximum absolute atomic E-state index is 12.5. The molecule has 0 bridgehead atoms. The van der Waals surface area contributed by atoms with Crippen molar-refractivity contribution in [3.8, 4) is 0 Å². The van der Waals surface area contributed by atoms with E-state index >= 15 is 0 Å². The van der Waals surface area contributed by atoms with Crippen molar-refractivity contribution in [2.24, 2.45) is 5.10 Å². The summed E-state index contributed by atoms with van der Waals surface area (Å²) in [4.78, 5) is 30.7. The number of hydrogen-bond donors (Lipinski definition) is 1. The van der Waals surface area contributed by atoms with Crippen LogP contribution in [-0.4, -0.2) is 21.7 Å². The summed E-state index contributed by atoms with van der Waals surface area (Å²) in [7, 11) is 0. The molecule has 7 heteroatoms. The highest BCUT2D eigenvalue weighted by Crippen LogP contribution is 2.22. The number of carbonyl (C=O) groups excluding carboxylic acids is 1. The standard InChI is InChI=1S/C21H24N4O2S/c1-5-16-10-17-19(28-16)22-13-25(20(17)27)12-18(26)24-23-11-14-6-8-15(9-7-14)21(2,3)4/h6-11,13H,5,12H2,1-4H3,(H,24,26). The van der Waals surface area contributed by atoms with Crippen molar-refractivity contribution < 1.29 is 4.79 Å². The number of nitrogens with zero attached hydrogens (tertiary/aromatic N) is 3. The minimum absolute atomic E-state index is 0.0899. The molecule has 6 nitrogen and oxygen atoms in total. The number of hydrogen-bond acceptors (Lipinski definition) is 5. The normalized spacial score (nSPS) is 12.0. The third-order valence-corrected chi connectivity index (χ3v) is 5.60. The third kappa shape index (κ3) is 4.54. The van der Waals surface area contributed by atoms with Gasteiger partial charge in [-0.1, -0.05) is 52.0 Å².